The smallest absolute Gasteiger partial charge is 0.253 e. The summed E-state index contributed by atoms with van der Waals surface area (Å²) in [5, 5.41) is 15.3. The van der Waals surface area contributed by atoms with E-state index in [1.54, 1.807) is 24.3 Å². The molecule has 2 N–H and O–H groups in total. The molecule has 0 unspecified atom stereocenters. The molecule has 1 aromatic heterocycles. The Morgan fingerprint density at radius 1 is 1.10 bits per heavy atom. The molecule has 0 aliphatic carbocycles. The fraction of sp³-hybridized carbons (Fsp3) is 0.273. The van der Waals surface area contributed by atoms with Gasteiger partial charge in [0.05, 0.1) is 22.4 Å². The summed E-state index contributed by atoms with van der Waals surface area (Å²) in [5.41, 5.74) is 1.45. The third kappa shape index (κ3) is 6.08. The van der Waals surface area contributed by atoms with E-state index in [0.29, 0.717) is 34.7 Å². The lowest BCUT2D eigenvalue weighted by Gasteiger charge is -2.15. The molecular weight excluding hydrogens is 434 g/mol. The van der Waals surface area contributed by atoms with Gasteiger partial charge in [-0.3, -0.25) is 9.59 Å². The molecule has 1 heterocycles. The van der Waals surface area contributed by atoms with Gasteiger partial charge in [0.1, 0.15) is 0 Å². The molecule has 7 nitrogen and oxygen atoms in total. The van der Waals surface area contributed by atoms with Crippen LogP contribution in [0.25, 0.3) is 0 Å². The first kappa shape index (κ1) is 22.8. The highest BCUT2D eigenvalue weighted by molar-refractivity contribution is 7.99. The van der Waals surface area contributed by atoms with Gasteiger partial charge in [-0.2, -0.15) is 0 Å². The molecule has 31 heavy (non-hydrogen) atoms. The molecule has 0 bridgehead atoms. The lowest BCUT2D eigenvalue weighted by molar-refractivity contribution is -0.118. The van der Waals surface area contributed by atoms with E-state index in [1.807, 2.05) is 48.7 Å². The third-order valence-electron chi connectivity index (χ3n) is 4.58. The SMILES string of the molecule is CCn1c(SCC(=O)NCc2ccccc2)nnc1[C@@H](C)NC(=O)c1ccccc1Cl. The molecule has 0 aliphatic heterocycles. The van der Waals surface area contributed by atoms with Crippen molar-refractivity contribution in [3.05, 3.63) is 76.6 Å². The first-order chi connectivity index (χ1) is 15.0. The monoisotopic (exact) mass is 457 g/mol. The average Bonchev–Trinajstić information content (AvgIpc) is 3.20. The number of nitrogens with one attached hydrogen (secondary N) is 2. The Bertz CT molecular complexity index is 1040. The molecule has 9 heteroatoms. The first-order valence-electron chi connectivity index (χ1n) is 9.91. The van der Waals surface area contributed by atoms with Crippen LogP contribution in [0.3, 0.4) is 0 Å². The van der Waals surface area contributed by atoms with Gasteiger partial charge in [-0.05, 0) is 31.5 Å². The summed E-state index contributed by atoms with van der Waals surface area (Å²) in [6.07, 6.45) is 0. The number of amides is 2. The molecule has 0 radical (unpaired) electrons. The zero-order chi connectivity index (χ0) is 22.2. The Labute approximate surface area is 190 Å². The standard InChI is InChI=1S/C22H24ClN5O2S/c1-3-28-20(15(2)25-21(30)17-11-7-8-12-18(17)23)26-27-22(28)31-14-19(29)24-13-16-9-5-4-6-10-16/h4-12,15H,3,13-14H2,1-2H3,(H,24,29)(H,25,30)/t15-/m1/s1. The number of thioether (sulfide) groups is 1. The predicted molar refractivity (Wildman–Crippen MR) is 122 cm³/mol. The number of aromatic nitrogens is 3. The highest BCUT2D eigenvalue weighted by Gasteiger charge is 2.21. The number of hydrogen-bond acceptors (Lipinski definition) is 5. The summed E-state index contributed by atoms with van der Waals surface area (Å²) >= 11 is 7.43. The van der Waals surface area contributed by atoms with Crippen molar-refractivity contribution in [1.82, 2.24) is 25.4 Å². The maximum Gasteiger partial charge on any atom is 0.253 e. The number of rotatable bonds is 9. The van der Waals surface area contributed by atoms with Crippen molar-refractivity contribution in [3.8, 4) is 0 Å². The highest BCUT2D eigenvalue weighted by atomic mass is 35.5. The molecule has 2 amide bonds. The lowest BCUT2D eigenvalue weighted by Crippen LogP contribution is -2.29. The maximum atomic E-state index is 12.5. The first-order valence-corrected chi connectivity index (χ1v) is 11.3. The average molecular weight is 458 g/mol. The lowest BCUT2D eigenvalue weighted by atomic mass is 10.2. The maximum absolute atomic E-state index is 12.5. The number of benzene rings is 2. The second-order valence-corrected chi connectivity index (χ2v) is 8.16. The summed E-state index contributed by atoms with van der Waals surface area (Å²) < 4.78 is 1.90. The van der Waals surface area contributed by atoms with Crippen LogP contribution in [0.2, 0.25) is 5.02 Å². The number of nitrogens with zero attached hydrogens (tertiary/aromatic N) is 3. The van der Waals surface area contributed by atoms with Gasteiger partial charge < -0.3 is 15.2 Å². The van der Waals surface area contributed by atoms with Crippen molar-refractivity contribution in [2.24, 2.45) is 0 Å². The Kier molecular flexibility index (Phi) is 8.08. The molecule has 1 atom stereocenters. The fourth-order valence-electron chi connectivity index (χ4n) is 2.99. The van der Waals surface area contributed by atoms with E-state index in [4.69, 9.17) is 11.6 Å². The van der Waals surface area contributed by atoms with Crippen molar-refractivity contribution in [2.75, 3.05) is 5.75 Å². The quantitative estimate of drug-likeness (QED) is 0.476. The fourth-order valence-corrected chi connectivity index (χ4v) is 4.05. The molecule has 0 fully saturated rings. The van der Waals surface area contributed by atoms with E-state index in [0.717, 1.165) is 5.56 Å². The Hall–Kier alpha value is -2.84. The van der Waals surface area contributed by atoms with Gasteiger partial charge in [0, 0.05) is 13.1 Å². The normalized spacial score (nSPS) is 11.7. The van der Waals surface area contributed by atoms with Gasteiger partial charge >= 0.3 is 0 Å². The molecular formula is C22H24ClN5O2S. The summed E-state index contributed by atoms with van der Waals surface area (Å²) in [5.74, 6) is 0.486. The molecule has 0 aliphatic rings. The second-order valence-electron chi connectivity index (χ2n) is 6.81. The van der Waals surface area contributed by atoms with Crippen molar-refractivity contribution < 1.29 is 9.59 Å². The Morgan fingerprint density at radius 2 is 1.81 bits per heavy atom. The van der Waals surface area contributed by atoms with Crippen LogP contribution in [0.1, 0.15) is 41.6 Å². The van der Waals surface area contributed by atoms with E-state index in [9.17, 15) is 9.59 Å². The molecule has 3 rings (SSSR count). The minimum atomic E-state index is -0.377. The Morgan fingerprint density at radius 3 is 2.52 bits per heavy atom. The molecule has 3 aromatic rings. The van der Waals surface area contributed by atoms with Crippen LogP contribution < -0.4 is 10.6 Å². The Balaban J connectivity index is 1.58. The van der Waals surface area contributed by atoms with E-state index in [1.165, 1.54) is 11.8 Å². The van der Waals surface area contributed by atoms with Crippen LogP contribution in [0.4, 0.5) is 0 Å². The van der Waals surface area contributed by atoms with E-state index in [2.05, 4.69) is 20.8 Å². The summed E-state index contributed by atoms with van der Waals surface area (Å²) in [7, 11) is 0. The second kappa shape index (κ2) is 11.0. The zero-order valence-electron chi connectivity index (χ0n) is 17.3. The number of carbonyl (C=O) groups excluding carboxylic acids is 2. The van der Waals surface area contributed by atoms with Gasteiger partial charge in [-0.1, -0.05) is 65.8 Å². The van der Waals surface area contributed by atoms with Gasteiger partial charge in [0.2, 0.25) is 5.91 Å². The predicted octanol–water partition coefficient (Wildman–Crippen LogP) is 3.85. The van der Waals surface area contributed by atoms with Crippen molar-refractivity contribution >= 4 is 35.2 Å². The zero-order valence-corrected chi connectivity index (χ0v) is 18.9. The molecule has 2 aromatic carbocycles. The van der Waals surface area contributed by atoms with Crippen LogP contribution in [-0.4, -0.2) is 32.3 Å². The van der Waals surface area contributed by atoms with Crippen LogP contribution in [0, 0.1) is 0 Å². The largest absolute Gasteiger partial charge is 0.351 e. The summed E-state index contributed by atoms with van der Waals surface area (Å²) in [4.78, 5) is 24.8. The number of hydrogen-bond donors (Lipinski definition) is 2. The summed E-state index contributed by atoms with van der Waals surface area (Å²) in [6.45, 7) is 4.90. The number of carbonyl (C=O) groups is 2. The van der Waals surface area contributed by atoms with Gasteiger partial charge in [0.15, 0.2) is 11.0 Å². The molecule has 162 valence electrons. The van der Waals surface area contributed by atoms with Crippen LogP contribution in [-0.2, 0) is 17.9 Å². The summed E-state index contributed by atoms with van der Waals surface area (Å²) in [6, 6.07) is 16.2. The molecule has 0 spiro atoms. The van der Waals surface area contributed by atoms with Crippen LogP contribution >= 0.6 is 23.4 Å². The van der Waals surface area contributed by atoms with Gasteiger partial charge in [0.25, 0.3) is 5.91 Å². The molecule has 0 saturated heterocycles. The van der Waals surface area contributed by atoms with Crippen LogP contribution in [0.5, 0.6) is 0 Å². The third-order valence-corrected chi connectivity index (χ3v) is 5.88. The van der Waals surface area contributed by atoms with Crippen molar-refractivity contribution in [2.45, 2.75) is 38.1 Å². The minimum absolute atomic E-state index is 0.0823. The molecule has 0 saturated carbocycles. The van der Waals surface area contributed by atoms with E-state index >= 15 is 0 Å². The van der Waals surface area contributed by atoms with Crippen molar-refractivity contribution in [1.29, 1.82) is 0 Å². The van der Waals surface area contributed by atoms with E-state index < -0.39 is 0 Å². The highest BCUT2D eigenvalue weighted by Crippen LogP contribution is 2.21. The van der Waals surface area contributed by atoms with Crippen LogP contribution in [0.15, 0.2) is 59.8 Å². The van der Waals surface area contributed by atoms with Crippen molar-refractivity contribution in [3.63, 3.8) is 0 Å². The van der Waals surface area contributed by atoms with E-state index in [-0.39, 0.29) is 23.6 Å². The van der Waals surface area contributed by atoms with Gasteiger partial charge in [-0.15, -0.1) is 10.2 Å². The van der Waals surface area contributed by atoms with Gasteiger partial charge in [-0.25, -0.2) is 0 Å². The number of halogens is 1. The topological polar surface area (TPSA) is 88.9 Å². The minimum Gasteiger partial charge on any atom is -0.351 e.